The first kappa shape index (κ1) is 20.8. The number of benzene rings is 1. The Bertz CT molecular complexity index is 1120. The van der Waals surface area contributed by atoms with E-state index in [-0.39, 0.29) is 23.4 Å². The highest BCUT2D eigenvalue weighted by Gasteiger charge is 2.36. The molecule has 1 saturated heterocycles. The minimum absolute atomic E-state index is 0.0345. The van der Waals surface area contributed by atoms with E-state index in [9.17, 15) is 19.3 Å². The number of aromatic carboxylic acids is 1. The van der Waals surface area contributed by atoms with Crippen LogP contribution in [0.5, 0.6) is 5.75 Å². The van der Waals surface area contributed by atoms with Crippen LogP contribution in [-0.2, 0) is 20.2 Å². The van der Waals surface area contributed by atoms with Crippen LogP contribution in [0.15, 0.2) is 17.1 Å². The Morgan fingerprint density at radius 2 is 1.87 bits per heavy atom. The first-order chi connectivity index (χ1) is 14.3. The summed E-state index contributed by atoms with van der Waals surface area (Å²) >= 11 is 0. The van der Waals surface area contributed by atoms with Crippen molar-refractivity contribution in [1.82, 2.24) is 9.24 Å². The van der Waals surface area contributed by atoms with Crippen LogP contribution in [0.2, 0.25) is 0 Å². The van der Waals surface area contributed by atoms with Crippen LogP contribution in [0.3, 0.4) is 0 Å². The van der Waals surface area contributed by atoms with Gasteiger partial charge >= 0.3 is 13.7 Å². The number of piperazine rings is 1. The van der Waals surface area contributed by atoms with Gasteiger partial charge in [-0.1, -0.05) is 0 Å². The van der Waals surface area contributed by atoms with Crippen molar-refractivity contribution in [3.05, 3.63) is 33.9 Å². The molecule has 0 amide bonds. The molecule has 3 heterocycles. The number of carboxylic acid groups (broad SMARTS) is 1. The van der Waals surface area contributed by atoms with Gasteiger partial charge in [0.25, 0.3) is 0 Å². The number of carboxylic acids is 1. The molecule has 0 radical (unpaired) electrons. The molecular weight excluding hydrogens is 420 g/mol. The number of hydrogen-bond donors (Lipinski definition) is 1. The van der Waals surface area contributed by atoms with Crippen molar-refractivity contribution in [2.45, 2.75) is 6.54 Å². The zero-order chi connectivity index (χ0) is 21.6. The van der Waals surface area contributed by atoms with Crippen molar-refractivity contribution in [1.29, 1.82) is 0 Å². The maximum Gasteiger partial charge on any atom is 0.407 e. The highest BCUT2D eigenvalue weighted by molar-refractivity contribution is 7.51. The van der Waals surface area contributed by atoms with Crippen molar-refractivity contribution in [3.63, 3.8) is 0 Å². The Hall–Kier alpha value is -2.46. The Balaban J connectivity index is 1.77. The van der Waals surface area contributed by atoms with Crippen molar-refractivity contribution in [2.75, 3.05) is 51.9 Å². The highest BCUT2D eigenvalue weighted by atomic mass is 31.2. The largest absolute Gasteiger partial charge is 0.487 e. The number of halogens is 1. The smallest absolute Gasteiger partial charge is 0.407 e. The van der Waals surface area contributed by atoms with Gasteiger partial charge in [0.1, 0.15) is 17.9 Å². The Kier molecular flexibility index (Phi) is 5.31. The van der Waals surface area contributed by atoms with E-state index in [4.69, 9.17) is 13.8 Å². The van der Waals surface area contributed by atoms with Crippen LogP contribution < -0.4 is 15.1 Å². The zero-order valence-electron chi connectivity index (χ0n) is 16.5. The number of pyridine rings is 1. The Morgan fingerprint density at radius 3 is 2.47 bits per heavy atom. The minimum atomic E-state index is -3.38. The second-order valence-corrected chi connectivity index (χ2v) is 9.16. The minimum Gasteiger partial charge on any atom is -0.487 e. The average molecular weight is 441 g/mol. The second-order valence-electron chi connectivity index (χ2n) is 6.93. The molecule has 0 spiro atoms. The van der Waals surface area contributed by atoms with Crippen LogP contribution in [0.4, 0.5) is 10.1 Å². The lowest BCUT2D eigenvalue weighted by Crippen LogP contribution is -2.45. The quantitative estimate of drug-likeness (QED) is 0.694. The predicted molar refractivity (Wildman–Crippen MR) is 106 cm³/mol. The van der Waals surface area contributed by atoms with Crippen molar-refractivity contribution < 1.29 is 32.6 Å². The first-order valence-electron chi connectivity index (χ1n) is 9.28. The van der Waals surface area contributed by atoms with Crippen LogP contribution in [0, 0.1) is 5.82 Å². The molecule has 0 aliphatic carbocycles. The molecule has 30 heavy (non-hydrogen) atoms. The van der Waals surface area contributed by atoms with Gasteiger partial charge in [0.15, 0.2) is 11.6 Å². The van der Waals surface area contributed by atoms with Crippen molar-refractivity contribution >= 4 is 30.3 Å². The third-order valence-corrected chi connectivity index (χ3v) is 7.45. The summed E-state index contributed by atoms with van der Waals surface area (Å²) in [6.45, 7) is 1.82. The lowest BCUT2D eigenvalue weighted by molar-refractivity contribution is 0.0694. The molecular formula is C18H21FN3O7P. The number of anilines is 1. The van der Waals surface area contributed by atoms with E-state index < -0.39 is 30.5 Å². The number of rotatable bonds is 5. The van der Waals surface area contributed by atoms with Crippen molar-refractivity contribution in [3.8, 4) is 5.75 Å². The summed E-state index contributed by atoms with van der Waals surface area (Å²) in [5.41, 5.74) is -0.597. The van der Waals surface area contributed by atoms with Gasteiger partial charge in [0.2, 0.25) is 5.43 Å². The van der Waals surface area contributed by atoms with Crippen LogP contribution in [0.25, 0.3) is 10.9 Å². The lowest BCUT2D eigenvalue weighted by atomic mass is 10.1. The summed E-state index contributed by atoms with van der Waals surface area (Å²) in [4.78, 5) is 25.7. The number of nitrogens with zero attached hydrogens (tertiary/aromatic N) is 3. The topological polar surface area (TPSA) is 111 Å². The average Bonchev–Trinajstić information content (AvgIpc) is 2.75. The van der Waals surface area contributed by atoms with Gasteiger partial charge < -0.3 is 19.3 Å². The van der Waals surface area contributed by atoms with Crippen LogP contribution in [0.1, 0.15) is 10.4 Å². The molecule has 2 aromatic rings. The summed E-state index contributed by atoms with van der Waals surface area (Å²) in [6.07, 6.45) is 1.27. The van der Waals surface area contributed by atoms with Gasteiger partial charge in [-0.25, -0.2) is 18.4 Å². The fourth-order valence-corrected chi connectivity index (χ4v) is 5.24. The molecule has 1 aromatic carbocycles. The zero-order valence-corrected chi connectivity index (χ0v) is 17.4. The third kappa shape index (κ3) is 3.18. The molecule has 0 bridgehead atoms. The maximum atomic E-state index is 15.1. The summed E-state index contributed by atoms with van der Waals surface area (Å²) in [7, 11) is -0.767. The molecule has 2 aliphatic rings. The fraction of sp³-hybridized carbons (Fsp3) is 0.444. The second kappa shape index (κ2) is 7.66. The number of aromatic nitrogens is 1. The molecule has 10 nitrogen and oxygen atoms in total. The van der Waals surface area contributed by atoms with Gasteiger partial charge in [-0.05, 0) is 6.07 Å². The monoisotopic (exact) mass is 441 g/mol. The summed E-state index contributed by atoms with van der Waals surface area (Å²) in [5, 5.41) is 9.26. The third-order valence-electron chi connectivity index (χ3n) is 5.43. The molecule has 0 atom stereocenters. The number of carbonyl (C=O) groups is 1. The van der Waals surface area contributed by atoms with E-state index in [1.54, 1.807) is 14.1 Å². The Morgan fingerprint density at radius 1 is 1.20 bits per heavy atom. The van der Waals surface area contributed by atoms with E-state index in [1.807, 2.05) is 0 Å². The van der Waals surface area contributed by atoms with Gasteiger partial charge in [-0.15, -0.1) is 0 Å². The molecule has 1 fully saturated rings. The van der Waals surface area contributed by atoms with Gasteiger partial charge in [-0.3, -0.25) is 13.8 Å². The molecule has 1 N–H and O–H groups in total. The summed E-state index contributed by atoms with van der Waals surface area (Å²) in [6, 6.07) is 1.07. The molecule has 0 unspecified atom stereocenters. The van der Waals surface area contributed by atoms with Crippen molar-refractivity contribution in [2.24, 2.45) is 0 Å². The maximum absolute atomic E-state index is 15.1. The SMILES string of the molecule is COP(=O)(OC)N1CCN(c2c(F)cc3c(=O)c(C(=O)O)cn4c3c2OCC4)CC1. The normalized spacial score (nSPS) is 17.2. The molecule has 4 rings (SSSR count). The summed E-state index contributed by atoms with van der Waals surface area (Å²) < 4.78 is 46.7. The first-order valence-corrected chi connectivity index (χ1v) is 10.8. The van der Waals surface area contributed by atoms with Crippen LogP contribution in [-0.4, -0.2) is 67.3 Å². The van der Waals surface area contributed by atoms with E-state index in [0.717, 1.165) is 6.07 Å². The van der Waals surface area contributed by atoms with Gasteiger partial charge in [0.05, 0.1) is 17.4 Å². The van der Waals surface area contributed by atoms with E-state index in [0.29, 0.717) is 38.2 Å². The lowest BCUT2D eigenvalue weighted by Gasteiger charge is -2.38. The standard InChI is InChI=1S/C18H21FN3O7P/c1-27-30(26,28-2)22-5-3-20(4-6-22)15-13(19)9-11-14-17(15)29-8-7-21(14)10-12(16(11)23)18(24)25/h9-10H,3-8H2,1-2H3,(H,24,25). The fourth-order valence-electron chi connectivity index (χ4n) is 3.96. The molecule has 12 heteroatoms. The number of ether oxygens (including phenoxy) is 1. The van der Waals surface area contributed by atoms with E-state index in [2.05, 4.69) is 0 Å². The van der Waals surface area contributed by atoms with Crippen LogP contribution >= 0.6 is 7.75 Å². The molecule has 0 saturated carbocycles. The van der Waals surface area contributed by atoms with E-state index >= 15 is 4.39 Å². The van der Waals surface area contributed by atoms with E-state index in [1.165, 1.54) is 20.4 Å². The molecule has 1 aromatic heterocycles. The molecule has 2 aliphatic heterocycles. The predicted octanol–water partition coefficient (Wildman–Crippen LogP) is 1.75. The molecule has 162 valence electrons. The highest BCUT2D eigenvalue weighted by Crippen LogP contribution is 2.51. The van der Waals surface area contributed by atoms with Gasteiger partial charge in [0, 0.05) is 46.6 Å². The summed E-state index contributed by atoms with van der Waals surface area (Å²) in [5.74, 6) is -1.83. The van der Waals surface area contributed by atoms with Gasteiger partial charge in [-0.2, -0.15) is 0 Å². The number of hydrogen-bond acceptors (Lipinski definition) is 7. The Labute approximate surface area is 170 Å².